The molecule has 0 bridgehead atoms. The van der Waals surface area contributed by atoms with Crippen LogP contribution in [0.3, 0.4) is 0 Å². The highest BCUT2D eigenvalue weighted by atomic mass is 19.2. The molecule has 4 rings (SSSR count). The molecule has 6 heteroatoms. The molecule has 1 aliphatic carbocycles. The molecule has 0 saturated heterocycles. The van der Waals surface area contributed by atoms with Crippen molar-refractivity contribution in [2.45, 2.75) is 12.8 Å². The van der Waals surface area contributed by atoms with Crippen molar-refractivity contribution < 1.29 is 22.0 Å². The van der Waals surface area contributed by atoms with Gasteiger partial charge in [-0.15, -0.1) is 0 Å². The van der Waals surface area contributed by atoms with Gasteiger partial charge in [-0.2, -0.15) is 8.78 Å². The van der Waals surface area contributed by atoms with Gasteiger partial charge >= 0.3 is 0 Å². The molecule has 1 aliphatic rings. The summed E-state index contributed by atoms with van der Waals surface area (Å²) in [5.74, 6) is -7.85. The summed E-state index contributed by atoms with van der Waals surface area (Å²) in [7, 11) is 0. The van der Waals surface area contributed by atoms with E-state index in [1.54, 1.807) is 6.07 Å². The third kappa shape index (κ3) is 2.40. The van der Waals surface area contributed by atoms with Crippen LogP contribution in [0, 0.1) is 29.2 Å². The standard InChI is InChI=1S/C19H10F5N/c20-15-10(8-14-16(21)17(22)18(23)19(24)25-14)5-6-12-11-4-2-1-3-9(11)7-13(12)15/h1-6H,7-8H2. The van der Waals surface area contributed by atoms with Gasteiger partial charge < -0.3 is 0 Å². The first-order chi connectivity index (χ1) is 12.0. The molecule has 0 amide bonds. The molecule has 2 aromatic carbocycles. The molecule has 3 aromatic rings. The number of rotatable bonds is 2. The SMILES string of the molecule is Fc1nc(Cc2ccc3c(c2F)Cc2ccccc2-3)c(F)c(F)c1F. The Morgan fingerprint density at radius 1 is 0.760 bits per heavy atom. The van der Waals surface area contributed by atoms with E-state index in [1.165, 1.54) is 6.07 Å². The van der Waals surface area contributed by atoms with E-state index in [9.17, 15) is 22.0 Å². The third-order valence-corrected chi connectivity index (χ3v) is 4.41. The molecule has 1 nitrogen and oxygen atoms in total. The lowest BCUT2D eigenvalue weighted by Crippen LogP contribution is -2.08. The number of hydrogen-bond acceptors (Lipinski definition) is 1. The molecule has 1 heterocycles. The first-order valence-corrected chi connectivity index (χ1v) is 7.54. The lowest BCUT2D eigenvalue weighted by Gasteiger charge is -2.09. The van der Waals surface area contributed by atoms with Crippen molar-refractivity contribution in [3.05, 3.63) is 88.0 Å². The summed E-state index contributed by atoms with van der Waals surface area (Å²) < 4.78 is 68.2. The van der Waals surface area contributed by atoms with E-state index in [0.29, 0.717) is 12.0 Å². The zero-order valence-electron chi connectivity index (χ0n) is 12.7. The average Bonchev–Trinajstić information content (AvgIpc) is 2.99. The second-order valence-electron chi connectivity index (χ2n) is 5.87. The van der Waals surface area contributed by atoms with Gasteiger partial charge in [0.25, 0.3) is 5.95 Å². The number of nitrogens with zero attached hydrogens (tertiary/aromatic N) is 1. The van der Waals surface area contributed by atoms with E-state index in [2.05, 4.69) is 4.98 Å². The molecular formula is C19H10F5N. The van der Waals surface area contributed by atoms with E-state index in [4.69, 9.17) is 0 Å². The minimum atomic E-state index is -1.98. The number of fused-ring (bicyclic) bond motifs is 3. The Morgan fingerprint density at radius 2 is 1.52 bits per heavy atom. The molecule has 0 radical (unpaired) electrons. The zero-order valence-corrected chi connectivity index (χ0v) is 12.7. The van der Waals surface area contributed by atoms with Crippen molar-refractivity contribution in [2.75, 3.05) is 0 Å². The molecule has 25 heavy (non-hydrogen) atoms. The predicted molar refractivity (Wildman–Crippen MR) is 81.5 cm³/mol. The number of benzene rings is 2. The fourth-order valence-corrected chi connectivity index (χ4v) is 3.19. The Bertz CT molecular complexity index is 1010. The Labute approximate surface area is 139 Å². The molecule has 0 spiro atoms. The summed E-state index contributed by atoms with van der Waals surface area (Å²) in [6.07, 6.45) is -0.0946. The Morgan fingerprint density at radius 3 is 2.32 bits per heavy atom. The van der Waals surface area contributed by atoms with E-state index >= 15 is 0 Å². The maximum Gasteiger partial charge on any atom is 0.252 e. The van der Waals surface area contributed by atoms with Crippen LogP contribution in [-0.2, 0) is 12.8 Å². The summed E-state index contributed by atoms with van der Waals surface area (Å²) in [5, 5.41) is 0. The molecule has 0 fully saturated rings. The topological polar surface area (TPSA) is 12.9 Å². The molecule has 0 atom stereocenters. The predicted octanol–water partition coefficient (Wildman–Crippen LogP) is 4.94. The van der Waals surface area contributed by atoms with Crippen LogP contribution in [0.1, 0.15) is 22.4 Å². The number of aromatic nitrogens is 1. The van der Waals surface area contributed by atoms with Crippen LogP contribution in [0.5, 0.6) is 0 Å². The van der Waals surface area contributed by atoms with Crippen LogP contribution < -0.4 is 0 Å². The van der Waals surface area contributed by atoms with Crippen LogP contribution in [-0.4, -0.2) is 4.98 Å². The van der Waals surface area contributed by atoms with E-state index in [0.717, 1.165) is 16.7 Å². The van der Waals surface area contributed by atoms with Crippen molar-refractivity contribution in [1.82, 2.24) is 4.98 Å². The number of halogens is 5. The van der Waals surface area contributed by atoms with E-state index in [1.807, 2.05) is 24.3 Å². The summed E-state index contributed by atoms with van der Waals surface area (Å²) in [6.45, 7) is 0. The number of hydrogen-bond donors (Lipinski definition) is 0. The average molecular weight is 347 g/mol. The lowest BCUT2D eigenvalue weighted by atomic mass is 10.00. The minimum absolute atomic E-state index is 0.0448. The van der Waals surface area contributed by atoms with Gasteiger partial charge in [0.2, 0.25) is 11.6 Å². The Balaban J connectivity index is 1.76. The first-order valence-electron chi connectivity index (χ1n) is 7.54. The maximum absolute atomic E-state index is 14.8. The van der Waals surface area contributed by atoms with Gasteiger partial charge in [0.1, 0.15) is 5.82 Å². The van der Waals surface area contributed by atoms with Gasteiger partial charge in [-0.25, -0.2) is 18.2 Å². The van der Waals surface area contributed by atoms with Gasteiger partial charge in [-0.05, 0) is 22.3 Å². The van der Waals surface area contributed by atoms with Gasteiger partial charge in [-0.3, -0.25) is 0 Å². The summed E-state index contributed by atoms with van der Waals surface area (Å²) in [5.41, 5.74) is 2.45. The molecule has 0 unspecified atom stereocenters. The van der Waals surface area contributed by atoms with Gasteiger partial charge in [-0.1, -0.05) is 36.4 Å². The summed E-state index contributed by atoms with van der Waals surface area (Å²) in [6, 6.07) is 10.6. The normalized spacial score (nSPS) is 12.2. The highest BCUT2D eigenvalue weighted by Gasteiger charge is 2.25. The van der Waals surface area contributed by atoms with E-state index in [-0.39, 0.29) is 5.56 Å². The third-order valence-electron chi connectivity index (χ3n) is 4.41. The van der Waals surface area contributed by atoms with Crippen LogP contribution in [0.15, 0.2) is 36.4 Å². The largest absolute Gasteiger partial charge is 0.252 e. The second kappa shape index (κ2) is 5.65. The minimum Gasteiger partial charge on any atom is -0.219 e. The first kappa shape index (κ1) is 15.7. The molecule has 126 valence electrons. The second-order valence-corrected chi connectivity index (χ2v) is 5.87. The highest BCUT2D eigenvalue weighted by Crippen LogP contribution is 2.39. The zero-order chi connectivity index (χ0) is 17.7. The Hall–Kier alpha value is -2.76. The van der Waals surface area contributed by atoms with Crippen molar-refractivity contribution >= 4 is 0 Å². The molecule has 0 aliphatic heterocycles. The fraction of sp³-hybridized carbons (Fsp3) is 0.105. The van der Waals surface area contributed by atoms with E-state index < -0.39 is 41.3 Å². The van der Waals surface area contributed by atoms with Gasteiger partial charge in [0.15, 0.2) is 5.82 Å². The van der Waals surface area contributed by atoms with Crippen molar-refractivity contribution in [3.63, 3.8) is 0 Å². The van der Waals surface area contributed by atoms with Crippen LogP contribution >= 0.6 is 0 Å². The fourth-order valence-electron chi connectivity index (χ4n) is 3.19. The van der Waals surface area contributed by atoms with Crippen molar-refractivity contribution in [1.29, 1.82) is 0 Å². The van der Waals surface area contributed by atoms with Crippen LogP contribution in [0.25, 0.3) is 11.1 Å². The lowest BCUT2D eigenvalue weighted by molar-refractivity contribution is 0.384. The quantitative estimate of drug-likeness (QED) is 0.370. The van der Waals surface area contributed by atoms with Crippen molar-refractivity contribution in [3.8, 4) is 11.1 Å². The smallest absolute Gasteiger partial charge is 0.219 e. The Kier molecular flexibility index (Phi) is 3.56. The van der Waals surface area contributed by atoms with Crippen LogP contribution in [0.2, 0.25) is 0 Å². The molecule has 0 saturated carbocycles. The molecule has 0 N–H and O–H groups in total. The van der Waals surface area contributed by atoms with Crippen molar-refractivity contribution in [2.24, 2.45) is 0 Å². The summed E-state index contributed by atoms with van der Waals surface area (Å²) in [4.78, 5) is 3.08. The molecular weight excluding hydrogens is 337 g/mol. The highest BCUT2D eigenvalue weighted by molar-refractivity contribution is 5.77. The van der Waals surface area contributed by atoms with Gasteiger partial charge in [0.05, 0.1) is 5.69 Å². The molecule has 1 aromatic heterocycles. The summed E-state index contributed by atoms with van der Waals surface area (Å²) >= 11 is 0. The monoisotopic (exact) mass is 347 g/mol. The maximum atomic E-state index is 14.8. The van der Waals surface area contributed by atoms with Gasteiger partial charge in [0, 0.05) is 18.4 Å². The van der Waals surface area contributed by atoms with Crippen LogP contribution in [0.4, 0.5) is 22.0 Å². The number of pyridine rings is 1.